The Morgan fingerprint density at radius 1 is 1.30 bits per heavy atom. The molecule has 10 heteroatoms. The molecule has 2 heterocycles. The summed E-state index contributed by atoms with van der Waals surface area (Å²) in [5.74, 6) is -2.15. The van der Waals surface area contributed by atoms with Crippen LogP contribution < -0.4 is 5.73 Å². The van der Waals surface area contributed by atoms with Crippen molar-refractivity contribution in [3.63, 3.8) is 0 Å². The Morgan fingerprint density at radius 3 is 2.56 bits per heavy atom. The van der Waals surface area contributed by atoms with E-state index in [1.54, 1.807) is 0 Å². The molecule has 1 aliphatic rings. The Bertz CT molecular complexity index is 1070. The number of nitrogens with two attached hydrogens (primary N) is 1. The summed E-state index contributed by atoms with van der Waals surface area (Å²) >= 11 is 0.759. The van der Waals surface area contributed by atoms with Gasteiger partial charge in [0.1, 0.15) is 10.0 Å². The first-order valence-corrected chi connectivity index (χ1v) is 10.1. The number of Topliss-reactive ketones (excluding diaryl/α,β-unsaturated/α-hetero) is 1. The molecule has 0 radical (unpaired) electrons. The van der Waals surface area contributed by atoms with Crippen LogP contribution in [0.4, 0.5) is 4.39 Å². The van der Waals surface area contributed by atoms with E-state index in [4.69, 9.17) is 12.3 Å². The van der Waals surface area contributed by atoms with Gasteiger partial charge in [-0.15, -0.1) is 11.3 Å². The minimum Gasteiger partial charge on any atom is -0.366 e. The largest absolute Gasteiger partial charge is 0.366 e. The topological polar surface area (TPSA) is 102 Å². The van der Waals surface area contributed by atoms with Crippen molar-refractivity contribution in [3.8, 4) is 0 Å². The van der Waals surface area contributed by atoms with Crippen LogP contribution in [-0.2, 0) is 16.4 Å². The van der Waals surface area contributed by atoms with Gasteiger partial charge in [-0.25, -0.2) is 19.4 Å². The van der Waals surface area contributed by atoms with Crippen LogP contribution in [0.2, 0.25) is 0 Å². The summed E-state index contributed by atoms with van der Waals surface area (Å²) in [5.41, 5.74) is 5.09. The lowest BCUT2D eigenvalue weighted by atomic mass is 10.1. The highest BCUT2D eigenvalue weighted by Gasteiger charge is 2.42. The summed E-state index contributed by atoms with van der Waals surface area (Å²) in [4.78, 5) is 27.5. The molecule has 0 unspecified atom stereocenters. The van der Waals surface area contributed by atoms with Crippen molar-refractivity contribution in [1.82, 2.24) is 4.31 Å². The van der Waals surface area contributed by atoms with Gasteiger partial charge in [-0.05, 0) is 18.2 Å². The first-order chi connectivity index (χ1) is 12.7. The van der Waals surface area contributed by atoms with E-state index in [9.17, 15) is 22.4 Å². The fraction of sp³-hybridized carbons (Fsp3) is 0.235. The van der Waals surface area contributed by atoms with Gasteiger partial charge in [0.05, 0.1) is 24.2 Å². The minimum atomic E-state index is -3.87. The van der Waals surface area contributed by atoms with Gasteiger partial charge in [0.2, 0.25) is 5.91 Å². The molecule has 1 aliphatic heterocycles. The van der Waals surface area contributed by atoms with Crippen molar-refractivity contribution in [2.75, 3.05) is 13.1 Å². The van der Waals surface area contributed by atoms with E-state index < -0.39 is 27.5 Å². The predicted octanol–water partition coefficient (Wildman–Crippen LogP) is 1.70. The lowest BCUT2D eigenvalue weighted by molar-refractivity contribution is 0.0989. The lowest BCUT2D eigenvalue weighted by Crippen LogP contribution is -2.51. The van der Waals surface area contributed by atoms with Crippen LogP contribution in [-0.4, -0.2) is 43.5 Å². The molecule has 0 bridgehead atoms. The maximum Gasteiger partial charge on any atom is 0.253 e. The summed E-state index contributed by atoms with van der Waals surface area (Å²) in [6, 6.07) is 6.17. The standard InChI is InChI=1S/C17H14FN3O4S2/c1-20-10-8-21(9-10)27(24,25)16-6-12(17(19)23)15(26-16)7-14(22)11-4-2-3-5-13(11)18/h2-6,10H,7-9H2,(H2,19,23). The summed E-state index contributed by atoms with van der Waals surface area (Å²) in [6.07, 6.45) is -0.343. The molecule has 1 fully saturated rings. The van der Waals surface area contributed by atoms with Crippen molar-refractivity contribution in [1.29, 1.82) is 0 Å². The maximum atomic E-state index is 13.8. The number of ketones is 1. The molecule has 3 rings (SSSR count). The number of amides is 1. The number of benzene rings is 1. The second kappa shape index (κ2) is 7.19. The van der Waals surface area contributed by atoms with Crippen LogP contribution in [0.3, 0.4) is 0 Å². The third-order valence-corrected chi connectivity index (χ3v) is 7.57. The second-order valence-corrected chi connectivity index (χ2v) is 9.25. The molecule has 7 nitrogen and oxygen atoms in total. The number of sulfonamides is 1. The molecule has 1 aromatic carbocycles. The summed E-state index contributed by atoms with van der Waals surface area (Å²) < 4.78 is 40.0. The van der Waals surface area contributed by atoms with Crippen molar-refractivity contribution in [3.05, 3.63) is 63.6 Å². The number of carbonyl (C=O) groups is 2. The SMILES string of the molecule is [C-]#[N+]C1CN(S(=O)(=O)c2cc(C(N)=O)c(CC(=O)c3ccccc3F)s2)C1. The molecule has 0 atom stereocenters. The van der Waals surface area contributed by atoms with Gasteiger partial charge in [0.15, 0.2) is 5.78 Å². The number of thiophene rings is 1. The third kappa shape index (κ3) is 3.62. The van der Waals surface area contributed by atoms with Crippen LogP contribution >= 0.6 is 11.3 Å². The van der Waals surface area contributed by atoms with Gasteiger partial charge in [-0.2, -0.15) is 4.31 Å². The number of hydrogen-bond donors (Lipinski definition) is 1. The third-order valence-electron chi connectivity index (χ3n) is 4.15. The molecular weight excluding hydrogens is 393 g/mol. The molecule has 2 N–H and O–H groups in total. The smallest absolute Gasteiger partial charge is 0.253 e. The molecular formula is C17H14FN3O4S2. The Kier molecular flexibility index (Phi) is 5.10. The fourth-order valence-corrected chi connectivity index (χ4v) is 5.81. The van der Waals surface area contributed by atoms with E-state index in [0.29, 0.717) is 0 Å². The molecule has 0 saturated carbocycles. The van der Waals surface area contributed by atoms with Gasteiger partial charge in [0, 0.05) is 11.3 Å². The molecule has 27 heavy (non-hydrogen) atoms. The Balaban J connectivity index is 1.91. The van der Waals surface area contributed by atoms with Crippen LogP contribution in [0, 0.1) is 12.4 Å². The molecule has 1 amide bonds. The second-order valence-electron chi connectivity index (χ2n) is 5.95. The number of carbonyl (C=O) groups excluding carboxylic acids is 2. The average molecular weight is 407 g/mol. The molecule has 1 aromatic heterocycles. The molecule has 2 aromatic rings. The zero-order chi connectivity index (χ0) is 19.8. The zero-order valence-corrected chi connectivity index (χ0v) is 15.5. The number of halogens is 1. The van der Waals surface area contributed by atoms with E-state index in [-0.39, 0.29) is 45.8 Å². The van der Waals surface area contributed by atoms with Crippen LogP contribution in [0.1, 0.15) is 25.6 Å². The Morgan fingerprint density at radius 2 is 1.96 bits per heavy atom. The summed E-state index contributed by atoms with van der Waals surface area (Å²) in [5, 5.41) is 0. The number of primary amides is 1. The summed E-state index contributed by atoms with van der Waals surface area (Å²) in [6.45, 7) is 7.07. The monoisotopic (exact) mass is 407 g/mol. The van der Waals surface area contributed by atoms with Crippen LogP contribution in [0.25, 0.3) is 4.85 Å². The van der Waals surface area contributed by atoms with E-state index in [1.807, 2.05) is 0 Å². The lowest BCUT2D eigenvalue weighted by Gasteiger charge is -2.29. The fourth-order valence-electron chi connectivity index (χ4n) is 2.62. The first kappa shape index (κ1) is 19.2. The Hall–Kier alpha value is -2.61. The van der Waals surface area contributed by atoms with Crippen molar-refractivity contribution in [2.45, 2.75) is 16.7 Å². The van der Waals surface area contributed by atoms with E-state index >= 15 is 0 Å². The van der Waals surface area contributed by atoms with E-state index in [1.165, 1.54) is 18.2 Å². The first-order valence-electron chi connectivity index (χ1n) is 7.81. The normalized spacial score (nSPS) is 15.1. The zero-order valence-electron chi connectivity index (χ0n) is 13.9. The minimum absolute atomic E-state index is 0.0782. The quantitative estimate of drug-likeness (QED) is 0.582. The van der Waals surface area contributed by atoms with Gasteiger partial charge in [-0.3, -0.25) is 9.59 Å². The van der Waals surface area contributed by atoms with Crippen LogP contribution in [0.15, 0.2) is 34.5 Å². The average Bonchev–Trinajstić information content (AvgIpc) is 2.99. The number of nitrogens with zero attached hydrogens (tertiary/aromatic N) is 2. The maximum absolute atomic E-state index is 13.8. The highest BCUT2D eigenvalue weighted by Crippen LogP contribution is 2.32. The van der Waals surface area contributed by atoms with Crippen molar-refractivity contribution in [2.24, 2.45) is 5.73 Å². The van der Waals surface area contributed by atoms with Crippen LogP contribution in [0.5, 0.6) is 0 Å². The van der Waals surface area contributed by atoms with E-state index in [0.717, 1.165) is 27.8 Å². The van der Waals surface area contributed by atoms with E-state index in [2.05, 4.69) is 4.85 Å². The van der Waals surface area contributed by atoms with Gasteiger partial charge < -0.3 is 10.6 Å². The highest BCUT2D eigenvalue weighted by atomic mass is 32.2. The number of rotatable bonds is 6. The molecule has 0 aliphatic carbocycles. The Labute approximate surface area is 159 Å². The molecule has 1 saturated heterocycles. The number of hydrogen-bond acceptors (Lipinski definition) is 5. The highest BCUT2D eigenvalue weighted by molar-refractivity contribution is 7.91. The van der Waals surface area contributed by atoms with Gasteiger partial charge >= 0.3 is 0 Å². The van der Waals surface area contributed by atoms with Gasteiger partial charge in [-0.1, -0.05) is 12.1 Å². The molecule has 140 valence electrons. The van der Waals surface area contributed by atoms with Crippen molar-refractivity contribution < 1.29 is 22.4 Å². The van der Waals surface area contributed by atoms with Crippen molar-refractivity contribution >= 4 is 33.1 Å². The van der Waals surface area contributed by atoms with Gasteiger partial charge in [0.25, 0.3) is 16.1 Å². The predicted molar refractivity (Wildman–Crippen MR) is 96.4 cm³/mol. The molecule has 0 spiro atoms. The summed E-state index contributed by atoms with van der Waals surface area (Å²) in [7, 11) is -3.87.